The van der Waals surface area contributed by atoms with E-state index >= 15 is 0 Å². The molecule has 1 atom stereocenters. The number of fused-ring (bicyclic) bond motifs is 1. The monoisotopic (exact) mass is 364 g/mol. The van der Waals surface area contributed by atoms with Crippen molar-refractivity contribution in [3.05, 3.63) is 51.2 Å². The molecule has 1 aromatic heterocycles. The summed E-state index contributed by atoms with van der Waals surface area (Å²) in [4.78, 5) is 27.8. The van der Waals surface area contributed by atoms with Crippen molar-refractivity contribution in [2.75, 3.05) is 19.4 Å². The first-order valence-corrected chi connectivity index (χ1v) is 8.76. The van der Waals surface area contributed by atoms with Crippen molar-refractivity contribution in [1.29, 1.82) is 0 Å². The molecule has 1 heterocycles. The summed E-state index contributed by atoms with van der Waals surface area (Å²) < 4.78 is 26.6. The molecule has 1 aliphatic rings. The van der Waals surface area contributed by atoms with E-state index in [9.17, 15) is 18.4 Å². The van der Waals surface area contributed by atoms with Gasteiger partial charge in [0.05, 0.1) is 10.6 Å². The van der Waals surface area contributed by atoms with Gasteiger partial charge in [0.25, 0.3) is 5.91 Å². The Balaban J connectivity index is 1.71. The number of anilines is 1. The van der Waals surface area contributed by atoms with E-state index in [4.69, 9.17) is 0 Å². The minimum atomic E-state index is -0.792. The highest BCUT2D eigenvalue weighted by Gasteiger charge is 2.28. The summed E-state index contributed by atoms with van der Waals surface area (Å²) in [5, 5.41) is 2.53. The fourth-order valence-corrected chi connectivity index (χ4v) is 4.13. The highest BCUT2D eigenvalue weighted by Crippen LogP contribution is 2.33. The number of hydrogen-bond acceptors (Lipinski definition) is 3. The predicted molar refractivity (Wildman–Crippen MR) is 92.8 cm³/mol. The van der Waals surface area contributed by atoms with Crippen LogP contribution in [0.1, 0.15) is 26.5 Å². The Hall–Kier alpha value is -2.28. The number of rotatable bonds is 3. The van der Waals surface area contributed by atoms with Gasteiger partial charge in [0.15, 0.2) is 0 Å². The zero-order chi connectivity index (χ0) is 18.1. The van der Waals surface area contributed by atoms with Crippen molar-refractivity contribution in [1.82, 2.24) is 4.90 Å². The van der Waals surface area contributed by atoms with Crippen LogP contribution >= 0.6 is 11.3 Å². The molecule has 132 valence electrons. The van der Waals surface area contributed by atoms with Crippen molar-refractivity contribution >= 4 is 28.8 Å². The molecule has 1 aliphatic carbocycles. The maximum absolute atomic E-state index is 13.7. The Bertz CT molecular complexity index is 832. The van der Waals surface area contributed by atoms with Crippen molar-refractivity contribution in [2.24, 2.45) is 5.92 Å². The molecule has 0 fully saturated rings. The molecule has 25 heavy (non-hydrogen) atoms. The summed E-state index contributed by atoms with van der Waals surface area (Å²) in [5.74, 6) is -2.11. The smallest absolute Gasteiger partial charge is 0.263 e. The molecule has 0 saturated heterocycles. The van der Waals surface area contributed by atoms with Crippen LogP contribution in [0.5, 0.6) is 0 Å². The van der Waals surface area contributed by atoms with E-state index in [1.807, 2.05) is 6.07 Å². The molecule has 0 bridgehead atoms. The van der Waals surface area contributed by atoms with E-state index < -0.39 is 11.6 Å². The lowest BCUT2D eigenvalue weighted by atomic mass is 9.87. The van der Waals surface area contributed by atoms with E-state index in [0.29, 0.717) is 24.1 Å². The summed E-state index contributed by atoms with van der Waals surface area (Å²) >= 11 is 1.47. The SMILES string of the molecule is CN(C)C(=O)c1cc2c(s1)CC[C@H](C(=O)Nc1ccc(F)cc1F)C2. The third-order valence-corrected chi connectivity index (χ3v) is 5.48. The third-order valence-electron chi connectivity index (χ3n) is 4.26. The molecule has 0 saturated carbocycles. The number of nitrogens with one attached hydrogen (secondary N) is 1. The minimum Gasteiger partial charge on any atom is -0.344 e. The number of amides is 2. The summed E-state index contributed by atoms with van der Waals surface area (Å²) in [6, 6.07) is 4.91. The Labute approximate surface area is 148 Å². The molecule has 0 spiro atoms. The highest BCUT2D eigenvalue weighted by molar-refractivity contribution is 7.14. The van der Waals surface area contributed by atoms with Crippen molar-refractivity contribution < 1.29 is 18.4 Å². The summed E-state index contributed by atoms with van der Waals surface area (Å²) in [5.41, 5.74) is 0.979. The second-order valence-electron chi connectivity index (χ2n) is 6.31. The molecule has 2 amide bonds. The molecule has 3 rings (SSSR count). The molecule has 0 unspecified atom stereocenters. The van der Waals surface area contributed by atoms with Crippen LogP contribution in [0, 0.1) is 17.6 Å². The number of nitrogens with zero attached hydrogens (tertiary/aromatic N) is 1. The maximum Gasteiger partial charge on any atom is 0.263 e. The average Bonchev–Trinajstić information content (AvgIpc) is 2.99. The van der Waals surface area contributed by atoms with Crippen LogP contribution in [0.4, 0.5) is 14.5 Å². The summed E-state index contributed by atoms with van der Waals surface area (Å²) in [6.45, 7) is 0. The Morgan fingerprint density at radius 1 is 1.24 bits per heavy atom. The van der Waals surface area contributed by atoms with Gasteiger partial charge >= 0.3 is 0 Å². The molecule has 0 aliphatic heterocycles. The topological polar surface area (TPSA) is 49.4 Å². The Morgan fingerprint density at radius 2 is 2.00 bits per heavy atom. The normalized spacial score (nSPS) is 16.2. The first kappa shape index (κ1) is 17.5. The van der Waals surface area contributed by atoms with Crippen LogP contribution in [0.25, 0.3) is 0 Å². The van der Waals surface area contributed by atoms with Crippen LogP contribution in [0.3, 0.4) is 0 Å². The van der Waals surface area contributed by atoms with Gasteiger partial charge in [0, 0.05) is 31.0 Å². The average molecular weight is 364 g/mol. The van der Waals surface area contributed by atoms with E-state index in [1.165, 1.54) is 22.3 Å². The molecule has 0 radical (unpaired) electrons. The fourth-order valence-electron chi connectivity index (χ4n) is 2.90. The first-order valence-electron chi connectivity index (χ1n) is 7.94. The van der Waals surface area contributed by atoms with Crippen molar-refractivity contribution in [2.45, 2.75) is 19.3 Å². The van der Waals surface area contributed by atoms with Crippen LogP contribution in [-0.2, 0) is 17.6 Å². The molecule has 1 aromatic carbocycles. The van der Waals surface area contributed by atoms with Gasteiger partial charge in [-0.05, 0) is 43.0 Å². The predicted octanol–water partition coefficient (Wildman–Crippen LogP) is 3.47. The highest BCUT2D eigenvalue weighted by atomic mass is 32.1. The first-order chi connectivity index (χ1) is 11.8. The number of aryl methyl sites for hydroxylation is 1. The fraction of sp³-hybridized carbons (Fsp3) is 0.333. The van der Waals surface area contributed by atoms with E-state index in [0.717, 1.165) is 22.6 Å². The van der Waals surface area contributed by atoms with Crippen LogP contribution < -0.4 is 5.32 Å². The molecular weight excluding hydrogens is 346 g/mol. The zero-order valence-corrected chi connectivity index (χ0v) is 14.8. The lowest BCUT2D eigenvalue weighted by Gasteiger charge is -2.21. The lowest BCUT2D eigenvalue weighted by Crippen LogP contribution is -2.28. The molecule has 2 aromatic rings. The second kappa shape index (κ2) is 6.92. The molecular formula is C18H18F2N2O2S. The quantitative estimate of drug-likeness (QED) is 0.907. The molecule has 4 nitrogen and oxygen atoms in total. The number of carbonyl (C=O) groups excluding carboxylic acids is 2. The van der Waals surface area contributed by atoms with Crippen LogP contribution in [-0.4, -0.2) is 30.8 Å². The van der Waals surface area contributed by atoms with Crippen molar-refractivity contribution in [3.8, 4) is 0 Å². The van der Waals surface area contributed by atoms with Crippen LogP contribution in [0.2, 0.25) is 0 Å². The number of halogens is 2. The number of hydrogen-bond donors (Lipinski definition) is 1. The maximum atomic E-state index is 13.7. The van der Waals surface area contributed by atoms with Gasteiger partial charge in [-0.2, -0.15) is 0 Å². The standard InChI is InChI=1S/C18H18F2N2O2S/c1-22(2)18(24)16-8-11-7-10(3-6-15(11)25-16)17(23)21-14-5-4-12(19)9-13(14)20/h4-5,8-10H,3,6-7H2,1-2H3,(H,21,23)/t10-/m0/s1. The minimum absolute atomic E-state index is 0.0222. The molecule has 1 N–H and O–H groups in total. The molecule has 7 heteroatoms. The lowest BCUT2D eigenvalue weighted by molar-refractivity contribution is -0.120. The van der Waals surface area contributed by atoms with E-state index in [1.54, 1.807) is 14.1 Å². The van der Waals surface area contributed by atoms with Gasteiger partial charge in [0.1, 0.15) is 11.6 Å². The van der Waals surface area contributed by atoms with Crippen LogP contribution in [0.15, 0.2) is 24.3 Å². The zero-order valence-electron chi connectivity index (χ0n) is 13.9. The largest absolute Gasteiger partial charge is 0.344 e. The van der Waals surface area contributed by atoms with E-state index in [2.05, 4.69) is 5.32 Å². The number of carbonyl (C=O) groups is 2. The van der Waals surface area contributed by atoms with Gasteiger partial charge in [-0.1, -0.05) is 0 Å². The van der Waals surface area contributed by atoms with Gasteiger partial charge in [-0.25, -0.2) is 8.78 Å². The van der Waals surface area contributed by atoms with Gasteiger partial charge in [-0.15, -0.1) is 11.3 Å². The number of benzene rings is 1. The van der Waals surface area contributed by atoms with Gasteiger partial charge < -0.3 is 10.2 Å². The Morgan fingerprint density at radius 3 is 2.68 bits per heavy atom. The van der Waals surface area contributed by atoms with Crippen molar-refractivity contribution in [3.63, 3.8) is 0 Å². The number of thiophene rings is 1. The van der Waals surface area contributed by atoms with E-state index in [-0.39, 0.29) is 23.4 Å². The summed E-state index contributed by atoms with van der Waals surface area (Å²) in [7, 11) is 3.41. The summed E-state index contributed by atoms with van der Waals surface area (Å²) in [6.07, 6.45) is 1.86. The van der Waals surface area contributed by atoms with Gasteiger partial charge in [-0.3, -0.25) is 9.59 Å². The second-order valence-corrected chi connectivity index (χ2v) is 7.45. The third kappa shape index (κ3) is 3.71. The van der Waals surface area contributed by atoms with Gasteiger partial charge in [0.2, 0.25) is 5.91 Å². The Kier molecular flexibility index (Phi) is 4.85.